The van der Waals surface area contributed by atoms with Crippen molar-refractivity contribution in [1.82, 2.24) is 5.32 Å². The molecule has 0 fully saturated rings. The van der Waals surface area contributed by atoms with Crippen LogP contribution in [0.1, 0.15) is 5.56 Å². The monoisotopic (exact) mass is 219 g/mol. The van der Waals surface area contributed by atoms with Crippen molar-refractivity contribution in [1.29, 1.82) is 0 Å². The van der Waals surface area contributed by atoms with E-state index in [9.17, 15) is 0 Å². The minimum absolute atomic E-state index is 0.846. The molecule has 2 rings (SSSR count). The van der Waals surface area contributed by atoms with Gasteiger partial charge in [-0.3, -0.25) is 0 Å². The van der Waals surface area contributed by atoms with Crippen LogP contribution < -0.4 is 5.32 Å². The highest BCUT2D eigenvalue weighted by Crippen LogP contribution is 2.26. The van der Waals surface area contributed by atoms with Crippen molar-refractivity contribution in [3.8, 4) is 0 Å². The zero-order valence-corrected chi connectivity index (χ0v) is 9.51. The van der Waals surface area contributed by atoms with Crippen molar-refractivity contribution in [3.05, 3.63) is 47.0 Å². The Morgan fingerprint density at radius 3 is 2.60 bits per heavy atom. The Morgan fingerprint density at radius 1 is 1.13 bits per heavy atom. The second kappa shape index (κ2) is 4.65. The maximum absolute atomic E-state index is 6.22. The summed E-state index contributed by atoms with van der Waals surface area (Å²) in [4.78, 5) is 0. The summed E-state index contributed by atoms with van der Waals surface area (Å²) < 4.78 is 0. The lowest BCUT2D eigenvalue weighted by Gasteiger charge is -2.07. The number of nitrogens with one attached hydrogen (secondary N) is 1. The van der Waals surface area contributed by atoms with Gasteiger partial charge in [0.05, 0.1) is 0 Å². The lowest BCUT2D eigenvalue weighted by molar-refractivity contribution is 0.795. The van der Waals surface area contributed by atoms with E-state index in [1.807, 2.05) is 19.2 Å². The SMILES string of the molecule is CNCCc1cccc2cccc(Cl)c12. The summed E-state index contributed by atoms with van der Waals surface area (Å²) in [5.74, 6) is 0. The van der Waals surface area contributed by atoms with E-state index in [-0.39, 0.29) is 0 Å². The molecule has 0 aromatic heterocycles. The largest absolute Gasteiger partial charge is 0.319 e. The van der Waals surface area contributed by atoms with Crippen molar-refractivity contribution >= 4 is 22.4 Å². The van der Waals surface area contributed by atoms with E-state index in [4.69, 9.17) is 11.6 Å². The molecule has 2 aromatic rings. The number of benzene rings is 2. The Kier molecular flexibility index (Phi) is 3.24. The molecule has 0 spiro atoms. The van der Waals surface area contributed by atoms with E-state index < -0.39 is 0 Å². The van der Waals surface area contributed by atoms with Crippen LogP contribution in [0, 0.1) is 0 Å². The number of hydrogen-bond donors (Lipinski definition) is 1. The smallest absolute Gasteiger partial charge is 0.0487 e. The maximum Gasteiger partial charge on any atom is 0.0487 e. The Hall–Kier alpha value is -1.05. The van der Waals surface area contributed by atoms with E-state index in [2.05, 4.69) is 29.6 Å². The molecule has 0 amide bonds. The molecule has 2 heteroatoms. The molecule has 15 heavy (non-hydrogen) atoms. The summed E-state index contributed by atoms with van der Waals surface area (Å²) in [5.41, 5.74) is 1.31. The molecular formula is C13H14ClN. The first kappa shape index (κ1) is 10.5. The summed E-state index contributed by atoms with van der Waals surface area (Å²) in [6, 6.07) is 12.4. The zero-order valence-electron chi connectivity index (χ0n) is 8.76. The van der Waals surface area contributed by atoms with Gasteiger partial charge in [-0.2, -0.15) is 0 Å². The first-order valence-electron chi connectivity index (χ1n) is 5.13. The van der Waals surface area contributed by atoms with Crippen LogP contribution in [-0.2, 0) is 6.42 Å². The van der Waals surface area contributed by atoms with E-state index in [1.165, 1.54) is 16.3 Å². The van der Waals surface area contributed by atoms with E-state index in [0.717, 1.165) is 18.0 Å². The second-order valence-corrected chi connectivity index (χ2v) is 4.02. The number of fused-ring (bicyclic) bond motifs is 1. The molecule has 0 bridgehead atoms. The van der Waals surface area contributed by atoms with Crippen LogP contribution in [0.3, 0.4) is 0 Å². The van der Waals surface area contributed by atoms with E-state index in [1.54, 1.807) is 0 Å². The molecule has 0 saturated heterocycles. The summed E-state index contributed by atoms with van der Waals surface area (Å²) in [5, 5.41) is 6.41. The van der Waals surface area contributed by atoms with Crippen molar-refractivity contribution in [2.45, 2.75) is 6.42 Å². The van der Waals surface area contributed by atoms with Crippen molar-refractivity contribution in [3.63, 3.8) is 0 Å². The van der Waals surface area contributed by atoms with Crippen LogP contribution in [0.25, 0.3) is 10.8 Å². The number of halogens is 1. The fraction of sp³-hybridized carbons (Fsp3) is 0.231. The Morgan fingerprint density at radius 2 is 1.87 bits per heavy atom. The fourth-order valence-electron chi connectivity index (χ4n) is 1.84. The minimum Gasteiger partial charge on any atom is -0.319 e. The molecular weight excluding hydrogens is 206 g/mol. The van der Waals surface area contributed by atoms with Crippen molar-refractivity contribution in [2.75, 3.05) is 13.6 Å². The predicted molar refractivity (Wildman–Crippen MR) is 66.6 cm³/mol. The first-order valence-corrected chi connectivity index (χ1v) is 5.51. The summed E-state index contributed by atoms with van der Waals surface area (Å²) in [6.07, 6.45) is 1.01. The molecule has 1 N–H and O–H groups in total. The lowest BCUT2D eigenvalue weighted by atomic mass is 10.0. The van der Waals surface area contributed by atoms with Gasteiger partial charge in [-0.15, -0.1) is 0 Å². The van der Waals surface area contributed by atoms with Gasteiger partial charge in [-0.05, 0) is 37.0 Å². The Bertz CT molecular complexity index is 460. The first-order chi connectivity index (χ1) is 7.33. The highest BCUT2D eigenvalue weighted by Gasteiger charge is 2.03. The van der Waals surface area contributed by atoms with Gasteiger partial charge in [-0.1, -0.05) is 41.9 Å². The maximum atomic E-state index is 6.22. The third-order valence-electron chi connectivity index (χ3n) is 2.58. The zero-order chi connectivity index (χ0) is 10.7. The van der Waals surface area contributed by atoms with Crippen LogP contribution in [0.2, 0.25) is 5.02 Å². The van der Waals surface area contributed by atoms with Gasteiger partial charge in [0.1, 0.15) is 0 Å². The summed E-state index contributed by atoms with van der Waals surface area (Å²) >= 11 is 6.22. The molecule has 0 saturated carbocycles. The lowest BCUT2D eigenvalue weighted by Crippen LogP contribution is -2.10. The Labute approximate surface area is 95.1 Å². The van der Waals surface area contributed by atoms with Crippen LogP contribution >= 0.6 is 11.6 Å². The second-order valence-electron chi connectivity index (χ2n) is 3.61. The number of hydrogen-bond acceptors (Lipinski definition) is 1. The van der Waals surface area contributed by atoms with Crippen molar-refractivity contribution < 1.29 is 0 Å². The predicted octanol–water partition coefficient (Wildman–Crippen LogP) is 3.26. The van der Waals surface area contributed by atoms with E-state index in [0.29, 0.717) is 0 Å². The molecule has 0 unspecified atom stereocenters. The third kappa shape index (κ3) is 2.14. The van der Waals surface area contributed by atoms with Gasteiger partial charge < -0.3 is 5.32 Å². The van der Waals surface area contributed by atoms with Crippen LogP contribution in [0.5, 0.6) is 0 Å². The average Bonchev–Trinajstić information content (AvgIpc) is 2.26. The molecule has 0 atom stereocenters. The quantitative estimate of drug-likeness (QED) is 0.836. The molecule has 78 valence electrons. The van der Waals surface area contributed by atoms with Gasteiger partial charge in [0.15, 0.2) is 0 Å². The van der Waals surface area contributed by atoms with Gasteiger partial charge in [-0.25, -0.2) is 0 Å². The summed E-state index contributed by atoms with van der Waals surface area (Å²) in [7, 11) is 1.97. The highest BCUT2D eigenvalue weighted by molar-refractivity contribution is 6.35. The topological polar surface area (TPSA) is 12.0 Å². The van der Waals surface area contributed by atoms with Gasteiger partial charge in [0.25, 0.3) is 0 Å². The van der Waals surface area contributed by atoms with Gasteiger partial charge in [0.2, 0.25) is 0 Å². The molecule has 0 aliphatic carbocycles. The molecule has 0 heterocycles. The fourth-order valence-corrected chi connectivity index (χ4v) is 2.14. The normalized spacial score (nSPS) is 10.8. The summed E-state index contributed by atoms with van der Waals surface area (Å²) in [6.45, 7) is 0.977. The molecule has 2 aromatic carbocycles. The standard InChI is InChI=1S/C13H14ClN/c1-15-9-8-11-5-2-4-10-6-3-7-12(14)13(10)11/h2-7,15H,8-9H2,1H3. The van der Waals surface area contributed by atoms with Gasteiger partial charge in [0, 0.05) is 10.4 Å². The Balaban J connectivity index is 2.53. The van der Waals surface area contributed by atoms with E-state index >= 15 is 0 Å². The number of rotatable bonds is 3. The van der Waals surface area contributed by atoms with Crippen molar-refractivity contribution in [2.24, 2.45) is 0 Å². The molecule has 1 nitrogen and oxygen atoms in total. The van der Waals surface area contributed by atoms with Crippen LogP contribution in [0.15, 0.2) is 36.4 Å². The van der Waals surface area contributed by atoms with Gasteiger partial charge >= 0.3 is 0 Å². The third-order valence-corrected chi connectivity index (χ3v) is 2.90. The number of likely N-dealkylation sites (N-methyl/N-ethyl adjacent to an activating group) is 1. The highest BCUT2D eigenvalue weighted by atomic mass is 35.5. The van der Waals surface area contributed by atoms with Crippen LogP contribution in [-0.4, -0.2) is 13.6 Å². The molecule has 0 radical (unpaired) electrons. The molecule has 0 aliphatic heterocycles. The minimum atomic E-state index is 0.846. The van der Waals surface area contributed by atoms with Crippen LogP contribution in [0.4, 0.5) is 0 Å². The average molecular weight is 220 g/mol. The molecule has 0 aliphatic rings.